The van der Waals surface area contributed by atoms with Gasteiger partial charge in [0.1, 0.15) is 11.9 Å². The molecule has 6 nitrogen and oxygen atoms in total. The quantitative estimate of drug-likeness (QED) is 0.524. The molecule has 1 atom stereocenters. The van der Waals surface area contributed by atoms with Crippen LogP contribution in [0.1, 0.15) is 35.6 Å². The van der Waals surface area contributed by atoms with Gasteiger partial charge in [0.25, 0.3) is 0 Å². The number of rotatable bonds is 3. The molecule has 148 valence electrons. The van der Waals surface area contributed by atoms with E-state index in [-0.39, 0.29) is 11.7 Å². The summed E-state index contributed by atoms with van der Waals surface area (Å²) in [7, 11) is 1.73. The lowest BCUT2D eigenvalue weighted by Crippen LogP contribution is -2.16. The molecule has 0 aliphatic heterocycles. The van der Waals surface area contributed by atoms with Crippen LogP contribution in [0.2, 0.25) is 0 Å². The number of hydrogen-bond donors (Lipinski definition) is 0. The maximum Gasteiger partial charge on any atom is 0.250 e. The van der Waals surface area contributed by atoms with Crippen LogP contribution in [-0.4, -0.2) is 14.3 Å². The van der Waals surface area contributed by atoms with Crippen LogP contribution < -0.4 is 10.3 Å². The third-order valence-corrected chi connectivity index (χ3v) is 5.67. The molecule has 2 aromatic heterocycles. The molecule has 0 radical (unpaired) electrons. The predicted molar refractivity (Wildman–Crippen MR) is 114 cm³/mol. The van der Waals surface area contributed by atoms with Gasteiger partial charge in [0.15, 0.2) is 0 Å². The molecule has 30 heavy (non-hydrogen) atoms. The second-order valence-corrected chi connectivity index (χ2v) is 7.64. The van der Waals surface area contributed by atoms with Crippen molar-refractivity contribution in [2.45, 2.75) is 25.4 Å². The Morgan fingerprint density at radius 3 is 2.90 bits per heavy atom. The van der Waals surface area contributed by atoms with Crippen LogP contribution in [0.25, 0.3) is 16.6 Å². The van der Waals surface area contributed by atoms with Gasteiger partial charge in [-0.25, -0.2) is 4.68 Å². The lowest BCUT2D eigenvalue weighted by atomic mass is 9.88. The van der Waals surface area contributed by atoms with Gasteiger partial charge in [-0.3, -0.25) is 4.79 Å². The SMILES string of the molecule is Cn1cc(-n2ncc3ccc(O[C@H]4CCCc5cc(C#N)ccc54)cc32)ccc1=O. The number of nitrogens with zero attached hydrogens (tertiary/aromatic N) is 4. The fraction of sp³-hybridized carbons (Fsp3) is 0.208. The van der Waals surface area contributed by atoms with Crippen LogP contribution >= 0.6 is 0 Å². The van der Waals surface area contributed by atoms with Gasteiger partial charge in [-0.15, -0.1) is 0 Å². The van der Waals surface area contributed by atoms with Crippen LogP contribution in [0, 0.1) is 11.3 Å². The maximum absolute atomic E-state index is 11.7. The highest BCUT2D eigenvalue weighted by molar-refractivity contribution is 5.81. The van der Waals surface area contributed by atoms with Gasteiger partial charge in [-0.2, -0.15) is 10.4 Å². The number of aryl methyl sites for hydroxylation is 2. The number of nitriles is 1. The minimum atomic E-state index is -0.0604. The number of fused-ring (bicyclic) bond motifs is 2. The summed E-state index contributed by atoms with van der Waals surface area (Å²) >= 11 is 0. The smallest absolute Gasteiger partial charge is 0.250 e. The Morgan fingerprint density at radius 1 is 1.17 bits per heavy atom. The molecule has 4 aromatic rings. The normalized spacial score (nSPS) is 15.5. The minimum Gasteiger partial charge on any atom is -0.486 e. The summed E-state index contributed by atoms with van der Waals surface area (Å²) in [6.07, 6.45) is 6.49. The molecular formula is C24H20N4O2. The number of benzene rings is 2. The van der Waals surface area contributed by atoms with Crippen molar-refractivity contribution < 1.29 is 4.74 Å². The first-order chi connectivity index (χ1) is 14.6. The van der Waals surface area contributed by atoms with E-state index < -0.39 is 0 Å². The first-order valence-corrected chi connectivity index (χ1v) is 9.97. The van der Waals surface area contributed by atoms with Gasteiger partial charge in [-0.1, -0.05) is 6.07 Å². The fourth-order valence-corrected chi connectivity index (χ4v) is 4.11. The van der Waals surface area contributed by atoms with Gasteiger partial charge in [-0.05, 0) is 60.7 Å². The van der Waals surface area contributed by atoms with E-state index in [1.165, 1.54) is 16.2 Å². The molecule has 0 bridgehead atoms. The Labute approximate surface area is 173 Å². The molecule has 0 unspecified atom stereocenters. The van der Waals surface area contributed by atoms with Gasteiger partial charge in [0.05, 0.1) is 29.0 Å². The Morgan fingerprint density at radius 2 is 2.07 bits per heavy atom. The molecule has 1 aliphatic rings. The highest BCUT2D eigenvalue weighted by Gasteiger charge is 2.22. The van der Waals surface area contributed by atoms with Crippen LogP contribution in [0.15, 0.2) is 65.7 Å². The van der Waals surface area contributed by atoms with Gasteiger partial charge < -0.3 is 9.30 Å². The van der Waals surface area contributed by atoms with Crippen molar-refractivity contribution in [2.75, 3.05) is 0 Å². The Balaban J connectivity index is 1.50. The molecule has 0 fully saturated rings. The largest absolute Gasteiger partial charge is 0.486 e. The Hall–Kier alpha value is -3.85. The second-order valence-electron chi connectivity index (χ2n) is 7.64. The molecule has 2 heterocycles. The highest BCUT2D eigenvalue weighted by Crippen LogP contribution is 2.35. The lowest BCUT2D eigenvalue weighted by molar-refractivity contribution is 0.183. The summed E-state index contributed by atoms with van der Waals surface area (Å²) in [5.41, 5.74) is 4.72. The summed E-state index contributed by atoms with van der Waals surface area (Å²) in [6.45, 7) is 0. The van der Waals surface area contributed by atoms with E-state index in [0.717, 1.165) is 47.2 Å². The first kappa shape index (κ1) is 18.2. The molecule has 0 spiro atoms. The van der Waals surface area contributed by atoms with Crippen LogP contribution in [0.4, 0.5) is 0 Å². The van der Waals surface area contributed by atoms with Crippen molar-refractivity contribution in [1.29, 1.82) is 5.26 Å². The molecule has 1 aliphatic carbocycles. The molecule has 6 heteroatoms. The number of hydrogen-bond acceptors (Lipinski definition) is 4. The third kappa shape index (κ3) is 3.15. The zero-order chi connectivity index (χ0) is 20.7. The molecular weight excluding hydrogens is 376 g/mol. The van der Waals surface area contributed by atoms with E-state index in [9.17, 15) is 4.79 Å². The third-order valence-electron chi connectivity index (χ3n) is 5.67. The Kier molecular flexibility index (Phi) is 4.36. The molecule has 0 saturated heterocycles. The molecule has 0 N–H and O–H groups in total. The van der Waals surface area contributed by atoms with Crippen molar-refractivity contribution in [3.8, 4) is 17.5 Å². The monoisotopic (exact) mass is 396 g/mol. The van der Waals surface area contributed by atoms with Crippen molar-refractivity contribution in [3.05, 3.63) is 88.0 Å². The van der Waals surface area contributed by atoms with Crippen molar-refractivity contribution in [1.82, 2.24) is 14.3 Å². The first-order valence-electron chi connectivity index (χ1n) is 9.97. The summed E-state index contributed by atoms with van der Waals surface area (Å²) in [4.78, 5) is 11.7. The minimum absolute atomic E-state index is 0.0344. The number of ether oxygens (including phenoxy) is 1. The molecule has 2 aromatic carbocycles. The zero-order valence-electron chi connectivity index (χ0n) is 16.6. The average Bonchev–Trinajstić information content (AvgIpc) is 3.19. The average molecular weight is 396 g/mol. The van der Waals surface area contributed by atoms with E-state index in [4.69, 9.17) is 10.00 Å². The summed E-state index contributed by atoms with van der Waals surface area (Å²) in [5.74, 6) is 0.774. The maximum atomic E-state index is 11.7. The fourth-order valence-electron chi connectivity index (χ4n) is 4.11. The van der Waals surface area contributed by atoms with Crippen molar-refractivity contribution in [2.24, 2.45) is 7.05 Å². The molecule has 5 rings (SSSR count). The number of aromatic nitrogens is 3. The van der Waals surface area contributed by atoms with E-state index in [2.05, 4.69) is 11.2 Å². The standard InChI is InChI=1S/C24H20N4O2/c1-27-15-19(7-10-24(27)29)28-22-12-20(8-6-18(22)14-26-28)30-23-4-2-3-17-11-16(13-25)5-9-21(17)23/h5-12,14-15,23H,2-4H2,1H3/t23-/m0/s1. The summed E-state index contributed by atoms with van der Waals surface area (Å²) in [6, 6.07) is 17.3. The lowest BCUT2D eigenvalue weighted by Gasteiger charge is -2.26. The van der Waals surface area contributed by atoms with Crippen LogP contribution in [0.3, 0.4) is 0 Å². The topological polar surface area (TPSA) is 72.8 Å². The predicted octanol–water partition coefficient (Wildman–Crippen LogP) is 4.05. The zero-order valence-corrected chi connectivity index (χ0v) is 16.6. The van der Waals surface area contributed by atoms with Gasteiger partial charge >= 0.3 is 0 Å². The van der Waals surface area contributed by atoms with E-state index in [1.54, 1.807) is 19.3 Å². The summed E-state index contributed by atoms with van der Waals surface area (Å²) in [5, 5.41) is 14.7. The van der Waals surface area contributed by atoms with Crippen LogP contribution in [0.5, 0.6) is 5.75 Å². The van der Waals surface area contributed by atoms with Gasteiger partial charge in [0, 0.05) is 30.8 Å². The van der Waals surface area contributed by atoms with Crippen molar-refractivity contribution in [3.63, 3.8) is 0 Å². The molecule has 0 saturated carbocycles. The van der Waals surface area contributed by atoms with E-state index in [0.29, 0.717) is 5.56 Å². The van der Waals surface area contributed by atoms with E-state index >= 15 is 0 Å². The number of pyridine rings is 1. The van der Waals surface area contributed by atoms with Crippen LogP contribution in [-0.2, 0) is 13.5 Å². The molecule has 0 amide bonds. The van der Waals surface area contributed by atoms with E-state index in [1.807, 2.05) is 47.3 Å². The second kappa shape index (κ2) is 7.20. The Bertz CT molecular complexity index is 1360. The van der Waals surface area contributed by atoms with Gasteiger partial charge in [0.2, 0.25) is 5.56 Å². The highest BCUT2D eigenvalue weighted by atomic mass is 16.5. The summed E-state index contributed by atoms with van der Waals surface area (Å²) < 4.78 is 9.74. The van der Waals surface area contributed by atoms with Crippen molar-refractivity contribution >= 4 is 10.9 Å².